The van der Waals surface area contributed by atoms with E-state index in [0.29, 0.717) is 23.5 Å². The van der Waals surface area contributed by atoms with Crippen LogP contribution >= 0.6 is 0 Å². The second-order valence-electron chi connectivity index (χ2n) is 5.70. The van der Waals surface area contributed by atoms with Crippen molar-refractivity contribution in [3.05, 3.63) is 71.8 Å². The molecule has 0 amide bonds. The molecule has 0 saturated carbocycles. The van der Waals surface area contributed by atoms with Crippen molar-refractivity contribution in [2.24, 2.45) is 0 Å². The Hall–Kier alpha value is -2.81. The molecule has 3 aromatic carbocycles. The van der Waals surface area contributed by atoms with Crippen LogP contribution in [0.1, 0.15) is 28.4 Å². The molecule has 0 bridgehead atoms. The van der Waals surface area contributed by atoms with Gasteiger partial charge >= 0.3 is 0 Å². The third kappa shape index (κ3) is 2.44. The number of methoxy groups -OCH3 is 1. The van der Waals surface area contributed by atoms with Crippen LogP contribution in [0.25, 0.3) is 10.8 Å². The molecule has 0 aromatic heterocycles. The first-order valence-electron chi connectivity index (χ1n) is 7.61. The van der Waals surface area contributed by atoms with Crippen LogP contribution < -0.4 is 9.47 Å². The topological polar surface area (TPSA) is 35.5 Å². The Labute approximate surface area is 134 Å². The fraction of sp³-hybridized carbons (Fsp3) is 0.150. The largest absolute Gasteiger partial charge is 0.497 e. The van der Waals surface area contributed by atoms with Crippen LogP contribution in [-0.4, -0.2) is 12.9 Å². The van der Waals surface area contributed by atoms with Gasteiger partial charge in [0.15, 0.2) is 5.78 Å². The number of ketones is 1. The van der Waals surface area contributed by atoms with Crippen molar-refractivity contribution >= 4 is 16.6 Å². The van der Waals surface area contributed by atoms with Crippen molar-refractivity contribution in [3.63, 3.8) is 0 Å². The van der Waals surface area contributed by atoms with E-state index in [9.17, 15) is 4.79 Å². The maximum atomic E-state index is 12.4. The number of benzene rings is 3. The number of carbonyl (C=O) groups is 1. The van der Waals surface area contributed by atoms with Crippen molar-refractivity contribution < 1.29 is 14.3 Å². The first-order valence-corrected chi connectivity index (χ1v) is 7.61. The van der Waals surface area contributed by atoms with Crippen LogP contribution in [0, 0.1) is 0 Å². The maximum absolute atomic E-state index is 12.4. The summed E-state index contributed by atoms with van der Waals surface area (Å²) < 4.78 is 11.3. The van der Waals surface area contributed by atoms with Crippen LogP contribution in [-0.2, 0) is 0 Å². The Morgan fingerprint density at radius 3 is 2.65 bits per heavy atom. The molecule has 3 heteroatoms. The molecule has 1 unspecified atom stereocenters. The summed E-state index contributed by atoms with van der Waals surface area (Å²) in [5, 5.41) is 2.33. The van der Waals surface area contributed by atoms with Gasteiger partial charge in [0.2, 0.25) is 0 Å². The molecule has 1 heterocycles. The van der Waals surface area contributed by atoms with Gasteiger partial charge in [0.1, 0.15) is 17.6 Å². The van der Waals surface area contributed by atoms with Crippen LogP contribution in [0.5, 0.6) is 11.5 Å². The summed E-state index contributed by atoms with van der Waals surface area (Å²) in [6.07, 6.45) is 0.101. The van der Waals surface area contributed by atoms with Gasteiger partial charge in [0.05, 0.1) is 19.1 Å². The van der Waals surface area contributed by atoms with Gasteiger partial charge < -0.3 is 9.47 Å². The van der Waals surface area contributed by atoms with Gasteiger partial charge in [-0.05, 0) is 34.5 Å². The molecule has 4 rings (SSSR count). The Morgan fingerprint density at radius 2 is 1.83 bits per heavy atom. The smallest absolute Gasteiger partial charge is 0.170 e. The number of ether oxygens (including phenoxy) is 2. The van der Waals surface area contributed by atoms with E-state index in [1.807, 2.05) is 18.2 Å². The first-order chi connectivity index (χ1) is 11.2. The van der Waals surface area contributed by atoms with Crippen LogP contribution in [0.2, 0.25) is 0 Å². The van der Waals surface area contributed by atoms with E-state index in [2.05, 4.69) is 24.3 Å². The average molecular weight is 304 g/mol. The second kappa shape index (κ2) is 5.43. The zero-order chi connectivity index (χ0) is 15.8. The fourth-order valence-electron chi connectivity index (χ4n) is 3.02. The van der Waals surface area contributed by atoms with Crippen molar-refractivity contribution in [1.82, 2.24) is 0 Å². The molecule has 3 aromatic rings. The lowest BCUT2D eigenvalue weighted by Gasteiger charge is -2.26. The molecule has 1 aliphatic rings. The fourth-order valence-corrected chi connectivity index (χ4v) is 3.02. The predicted molar refractivity (Wildman–Crippen MR) is 89.3 cm³/mol. The lowest BCUT2D eigenvalue weighted by atomic mass is 9.95. The summed E-state index contributed by atoms with van der Waals surface area (Å²) in [5.41, 5.74) is 1.65. The minimum Gasteiger partial charge on any atom is -0.497 e. The SMILES string of the molecule is COc1ccc2c(c1)OC(c1ccc3ccccc3c1)CC2=O. The first kappa shape index (κ1) is 13.8. The standard InChI is InChI=1S/C20H16O3/c1-22-16-8-9-17-18(21)12-19(23-20(17)11-16)15-7-6-13-4-2-3-5-14(13)10-15/h2-11,19H,12H2,1H3. The third-order valence-corrected chi connectivity index (χ3v) is 4.27. The number of hydrogen-bond acceptors (Lipinski definition) is 3. The number of hydrogen-bond donors (Lipinski definition) is 0. The molecule has 0 fully saturated rings. The number of carbonyl (C=O) groups excluding carboxylic acids is 1. The lowest BCUT2D eigenvalue weighted by molar-refractivity contribution is 0.0849. The zero-order valence-electron chi connectivity index (χ0n) is 12.8. The quantitative estimate of drug-likeness (QED) is 0.696. The molecule has 1 atom stereocenters. The van der Waals surface area contributed by atoms with Crippen molar-refractivity contribution in [2.45, 2.75) is 12.5 Å². The van der Waals surface area contributed by atoms with Crippen LogP contribution in [0.4, 0.5) is 0 Å². The van der Waals surface area contributed by atoms with E-state index in [1.165, 1.54) is 5.39 Å². The van der Waals surface area contributed by atoms with Crippen molar-refractivity contribution in [1.29, 1.82) is 0 Å². The molecule has 0 aliphatic carbocycles. The van der Waals surface area contributed by atoms with Gasteiger partial charge in [-0.2, -0.15) is 0 Å². The molecule has 0 N–H and O–H groups in total. The van der Waals surface area contributed by atoms with E-state index < -0.39 is 0 Å². The van der Waals surface area contributed by atoms with Crippen molar-refractivity contribution in [3.8, 4) is 11.5 Å². The minimum atomic E-state index is -0.258. The monoisotopic (exact) mass is 304 g/mol. The van der Waals surface area contributed by atoms with E-state index >= 15 is 0 Å². The molecule has 0 spiro atoms. The molecule has 1 aliphatic heterocycles. The summed E-state index contributed by atoms with van der Waals surface area (Å²) in [5.74, 6) is 1.39. The van der Waals surface area contributed by atoms with Crippen LogP contribution in [0.3, 0.4) is 0 Å². The van der Waals surface area contributed by atoms with Gasteiger partial charge in [0.25, 0.3) is 0 Å². The van der Waals surface area contributed by atoms with Gasteiger partial charge in [-0.1, -0.05) is 36.4 Å². The Bertz CT molecular complexity index is 898. The molecule has 3 nitrogen and oxygen atoms in total. The minimum absolute atomic E-state index is 0.104. The summed E-state index contributed by atoms with van der Waals surface area (Å²) in [6.45, 7) is 0. The normalized spacial score (nSPS) is 16.7. The van der Waals surface area contributed by atoms with E-state index in [1.54, 1.807) is 25.3 Å². The van der Waals surface area contributed by atoms with Gasteiger partial charge in [-0.3, -0.25) is 4.79 Å². The van der Waals surface area contributed by atoms with Gasteiger partial charge in [0, 0.05) is 6.07 Å². The highest BCUT2D eigenvalue weighted by Crippen LogP contribution is 2.37. The van der Waals surface area contributed by atoms with E-state index in [4.69, 9.17) is 9.47 Å². The Kier molecular flexibility index (Phi) is 3.27. The van der Waals surface area contributed by atoms with Crippen molar-refractivity contribution in [2.75, 3.05) is 7.11 Å². The average Bonchev–Trinajstić information content (AvgIpc) is 2.60. The molecular formula is C20H16O3. The number of rotatable bonds is 2. The predicted octanol–water partition coefficient (Wildman–Crippen LogP) is 4.55. The highest BCUT2D eigenvalue weighted by molar-refractivity contribution is 6.00. The second-order valence-corrected chi connectivity index (χ2v) is 5.70. The molecule has 0 radical (unpaired) electrons. The Morgan fingerprint density at radius 1 is 1.00 bits per heavy atom. The highest BCUT2D eigenvalue weighted by Gasteiger charge is 2.28. The molecule has 114 valence electrons. The van der Waals surface area contributed by atoms with Crippen LogP contribution in [0.15, 0.2) is 60.7 Å². The Balaban J connectivity index is 1.73. The summed E-state index contributed by atoms with van der Waals surface area (Å²) in [4.78, 5) is 12.4. The number of fused-ring (bicyclic) bond motifs is 2. The molecule has 23 heavy (non-hydrogen) atoms. The number of Topliss-reactive ketones (excluding diaryl/α,β-unsaturated/α-hetero) is 1. The third-order valence-electron chi connectivity index (χ3n) is 4.27. The molecular weight excluding hydrogens is 288 g/mol. The zero-order valence-corrected chi connectivity index (χ0v) is 12.8. The summed E-state index contributed by atoms with van der Waals surface area (Å²) in [6, 6.07) is 19.7. The van der Waals surface area contributed by atoms with Gasteiger partial charge in [-0.25, -0.2) is 0 Å². The summed E-state index contributed by atoms with van der Waals surface area (Å²) in [7, 11) is 1.60. The summed E-state index contributed by atoms with van der Waals surface area (Å²) >= 11 is 0. The van der Waals surface area contributed by atoms with E-state index in [0.717, 1.165) is 10.9 Å². The lowest BCUT2D eigenvalue weighted by Crippen LogP contribution is -2.20. The molecule has 0 saturated heterocycles. The highest BCUT2D eigenvalue weighted by atomic mass is 16.5. The van der Waals surface area contributed by atoms with Gasteiger partial charge in [-0.15, -0.1) is 0 Å². The van der Waals surface area contributed by atoms with E-state index in [-0.39, 0.29) is 11.9 Å². The maximum Gasteiger partial charge on any atom is 0.170 e.